The van der Waals surface area contributed by atoms with Gasteiger partial charge in [-0.25, -0.2) is 8.42 Å². The molecule has 2 fully saturated rings. The summed E-state index contributed by atoms with van der Waals surface area (Å²) in [6.45, 7) is 9.52. The average molecular weight is 442 g/mol. The predicted molar refractivity (Wildman–Crippen MR) is 108 cm³/mol. The number of nitrogens with zero attached hydrogens (tertiary/aromatic N) is 3. The minimum atomic E-state index is -5.25. The lowest BCUT2D eigenvalue weighted by Gasteiger charge is -2.35. The second-order valence-electron chi connectivity index (χ2n) is 8.08. The number of hydrogen-bond acceptors (Lipinski definition) is 4. The van der Waals surface area contributed by atoms with E-state index in [0.29, 0.717) is 48.2 Å². The maximum atomic E-state index is 12.7. The van der Waals surface area contributed by atoms with Crippen LogP contribution in [0.25, 0.3) is 0 Å². The standard InChI is InChI=1S/C18H34F3N5O2S/c1-4-22-17(23-12-15(3)25-9-5-6-14(2)13-25)24-16-7-10-26(11-8-16)29(27,28)18(19,20)21/h14-16H,4-13H2,1-3H3,(H2,22,23,24). The SMILES string of the molecule is CCNC(=NCC(C)N1CCCC(C)C1)NC1CCN(S(=O)(=O)C(F)(F)F)CC1. The van der Waals surface area contributed by atoms with Crippen LogP contribution in [0, 0.1) is 5.92 Å². The molecular weight excluding hydrogens is 407 g/mol. The fourth-order valence-corrected chi connectivity index (χ4v) is 4.85. The third-order valence-electron chi connectivity index (χ3n) is 5.60. The summed E-state index contributed by atoms with van der Waals surface area (Å²) in [4.78, 5) is 7.10. The third-order valence-corrected chi connectivity index (χ3v) is 7.23. The summed E-state index contributed by atoms with van der Waals surface area (Å²) in [6.07, 6.45) is 3.07. The summed E-state index contributed by atoms with van der Waals surface area (Å²) in [5, 5.41) is 6.42. The molecule has 2 aliphatic rings. The molecule has 0 aromatic carbocycles. The summed E-state index contributed by atoms with van der Waals surface area (Å²) in [6, 6.07) is 0.199. The summed E-state index contributed by atoms with van der Waals surface area (Å²) < 4.78 is 61.7. The van der Waals surface area contributed by atoms with Crippen LogP contribution in [0.4, 0.5) is 13.2 Å². The van der Waals surface area contributed by atoms with E-state index in [4.69, 9.17) is 0 Å². The van der Waals surface area contributed by atoms with Crippen LogP contribution in [0.5, 0.6) is 0 Å². The molecule has 0 amide bonds. The molecule has 7 nitrogen and oxygen atoms in total. The van der Waals surface area contributed by atoms with Gasteiger partial charge >= 0.3 is 15.5 Å². The lowest BCUT2D eigenvalue weighted by molar-refractivity contribution is -0.0494. The first-order valence-electron chi connectivity index (χ1n) is 10.4. The number of nitrogens with one attached hydrogen (secondary N) is 2. The molecule has 2 N–H and O–H groups in total. The van der Waals surface area contributed by atoms with Crippen molar-refractivity contribution in [2.45, 2.75) is 64.0 Å². The van der Waals surface area contributed by atoms with Gasteiger partial charge in [0.1, 0.15) is 0 Å². The molecule has 170 valence electrons. The Hall–Kier alpha value is -1.07. The molecule has 0 aromatic rings. The number of rotatable bonds is 6. The Morgan fingerprint density at radius 3 is 2.41 bits per heavy atom. The molecular formula is C18H34F3N5O2S. The molecule has 0 bridgehead atoms. The lowest BCUT2D eigenvalue weighted by Crippen LogP contribution is -2.52. The van der Waals surface area contributed by atoms with Crippen molar-refractivity contribution in [3.05, 3.63) is 0 Å². The highest BCUT2D eigenvalue weighted by Gasteiger charge is 2.50. The molecule has 2 saturated heterocycles. The zero-order valence-corrected chi connectivity index (χ0v) is 18.3. The van der Waals surface area contributed by atoms with E-state index in [0.717, 1.165) is 13.1 Å². The van der Waals surface area contributed by atoms with Crippen LogP contribution in [-0.4, -0.2) is 80.4 Å². The molecule has 2 unspecified atom stereocenters. The lowest BCUT2D eigenvalue weighted by atomic mass is 9.99. The first-order chi connectivity index (χ1) is 13.5. The van der Waals surface area contributed by atoms with Crippen molar-refractivity contribution >= 4 is 16.0 Å². The summed E-state index contributed by atoms with van der Waals surface area (Å²) in [5.74, 6) is 1.32. The number of guanidine groups is 1. The number of piperidine rings is 2. The van der Waals surface area contributed by atoms with Crippen LogP contribution in [0.1, 0.15) is 46.5 Å². The predicted octanol–water partition coefficient (Wildman–Crippen LogP) is 1.98. The fourth-order valence-electron chi connectivity index (χ4n) is 3.87. The summed E-state index contributed by atoms with van der Waals surface area (Å²) in [7, 11) is -5.25. The Balaban J connectivity index is 1.88. The van der Waals surface area contributed by atoms with E-state index in [-0.39, 0.29) is 19.1 Å². The first kappa shape index (κ1) is 24.2. The molecule has 11 heteroatoms. The van der Waals surface area contributed by atoms with Gasteiger partial charge < -0.3 is 10.6 Å². The Bertz CT molecular complexity index is 648. The van der Waals surface area contributed by atoms with Crippen molar-refractivity contribution in [2.75, 3.05) is 39.3 Å². The minimum absolute atomic E-state index is 0.113. The van der Waals surface area contributed by atoms with Gasteiger partial charge in [0, 0.05) is 38.3 Å². The zero-order valence-electron chi connectivity index (χ0n) is 17.5. The van der Waals surface area contributed by atoms with Crippen molar-refractivity contribution in [3.63, 3.8) is 0 Å². The van der Waals surface area contributed by atoms with Crippen molar-refractivity contribution < 1.29 is 21.6 Å². The monoisotopic (exact) mass is 441 g/mol. The van der Waals surface area contributed by atoms with Crippen LogP contribution in [0.15, 0.2) is 4.99 Å². The van der Waals surface area contributed by atoms with Crippen LogP contribution in [-0.2, 0) is 10.0 Å². The van der Waals surface area contributed by atoms with Crippen molar-refractivity contribution in [1.82, 2.24) is 19.8 Å². The maximum Gasteiger partial charge on any atom is 0.511 e. The quantitative estimate of drug-likeness (QED) is 0.487. The van der Waals surface area contributed by atoms with Crippen LogP contribution < -0.4 is 10.6 Å². The summed E-state index contributed by atoms with van der Waals surface area (Å²) >= 11 is 0. The molecule has 0 spiro atoms. The number of sulfonamides is 1. The topological polar surface area (TPSA) is 77.0 Å². The van der Waals surface area contributed by atoms with Crippen molar-refractivity contribution in [1.29, 1.82) is 0 Å². The van der Waals surface area contributed by atoms with E-state index in [1.807, 2.05) is 6.92 Å². The molecule has 0 saturated carbocycles. The Labute approximate surface area is 172 Å². The molecule has 29 heavy (non-hydrogen) atoms. The number of alkyl halides is 3. The third kappa shape index (κ3) is 6.71. The van der Waals surface area contributed by atoms with E-state index in [9.17, 15) is 21.6 Å². The van der Waals surface area contributed by atoms with Gasteiger partial charge in [0.2, 0.25) is 0 Å². The highest BCUT2D eigenvalue weighted by Crippen LogP contribution is 2.29. The smallest absolute Gasteiger partial charge is 0.357 e. The number of halogens is 3. The number of aliphatic imine (C=N–C) groups is 1. The van der Waals surface area contributed by atoms with Gasteiger partial charge in [-0.15, -0.1) is 0 Å². The molecule has 2 atom stereocenters. The van der Waals surface area contributed by atoms with Gasteiger partial charge in [-0.1, -0.05) is 6.92 Å². The van der Waals surface area contributed by atoms with Gasteiger partial charge in [0.15, 0.2) is 5.96 Å². The van der Waals surface area contributed by atoms with E-state index >= 15 is 0 Å². The zero-order chi connectivity index (χ0) is 21.7. The van der Waals surface area contributed by atoms with E-state index in [1.165, 1.54) is 12.8 Å². The highest BCUT2D eigenvalue weighted by molar-refractivity contribution is 7.90. The summed E-state index contributed by atoms with van der Waals surface area (Å²) in [5.41, 5.74) is -5.24. The second-order valence-corrected chi connectivity index (χ2v) is 10.0. The highest BCUT2D eigenvalue weighted by atomic mass is 32.2. The molecule has 0 aliphatic carbocycles. The van der Waals surface area contributed by atoms with E-state index in [2.05, 4.69) is 34.4 Å². The molecule has 2 heterocycles. The van der Waals surface area contributed by atoms with Crippen molar-refractivity contribution in [2.24, 2.45) is 10.9 Å². The van der Waals surface area contributed by atoms with E-state index < -0.39 is 15.5 Å². The first-order valence-corrected chi connectivity index (χ1v) is 11.8. The van der Waals surface area contributed by atoms with Crippen LogP contribution in [0.2, 0.25) is 0 Å². The molecule has 2 rings (SSSR count). The van der Waals surface area contributed by atoms with Gasteiger partial charge in [0.25, 0.3) is 0 Å². The van der Waals surface area contributed by atoms with Gasteiger partial charge in [-0.3, -0.25) is 9.89 Å². The van der Waals surface area contributed by atoms with Gasteiger partial charge in [0.05, 0.1) is 6.54 Å². The Morgan fingerprint density at radius 2 is 1.86 bits per heavy atom. The van der Waals surface area contributed by atoms with E-state index in [1.54, 1.807) is 0 Å². The molecule has 2 aliphatic heterocycles. The van der Waals surface area contributed by atoms with Crippen molar-refractivity contribution in [3.8, 4) is 0 Å². The normalized spacial score (nSPS) is 25.0. The molecule has 0 aromatic heterocycles. The van der Waals surface area contributed by atoms with Gasteiger partial charge in [-0.2, -0.15) is 17.5 Å². The van der Waals surface area contributed by atoms with Crippen LogP contribution >= 0.6 is 0 Å². The maximum absolute atomic E-state index is 12.7. The Morgan fingerprint density at radius 1 is 1.21 bits per heavy atom. The van der Waals surface area contributed by atoms with Crippen LogP contribution in [0.3, 0.4) is 0 Å². The fraction of sp³-hybridized carbons (Fsp3) is 0.944. The number of likely N-dealkylation sites (tertiary alicyclic amines) is 1. The van der Waals surface area contributed by atoms with Gasteiger partial charge in [-0.05, 0) is 52.0 Å². The largest absolute Gasteiger partial charge is 0.511 e. The molecule has 0 radical (unpaired) electrons. The number of hydrogen-bond donors (Lipinski definition) is 2. The Kier molecular flexibility index (Phi) is 8.59. The second kappa shape index (κ2) is 10.3. The average Bonchev–Trinajstić information content (AvgIpc) is 2.65. The minimum Gasteiger partial charge on any atom is -0.357 e.